The van der Waals surface area contributed by atoms with Gasteiger partial charge in [0.1, 0.15) is 6.61 Å². The predicted octanol–water partition coefficient (Wildman–Crippen LogP) is 4.65. The third kappa shape index (κ3) is 5.34. The largest absolute Gasteiger partial charge is 0.481 e. The summed E-state index contributed by atoms with van der Waals surface area (Å²) in [5.41, 5.74) is 3.91. The van der Waals surface area contributed by atoms with Crippen LogP contribution in [0.5, 0.6) is 0 Å². The molecule has 186 valence electrons. The normalized spacial score (nSPS) is 18.5. The number of nitrogens with one attached hydrogen (secondary N) is 1. The zero-order valence-corrected chi connectivity index (χ0v) is 20.5. The lowest BCUT2D eigenvalue weighted by atomic mass is 9.85. The molecule has 2 N–H and O–H groups in total. The molecule has 2 aromatic rings. The van der Waals surface area contributed by atoms with Crippen LogP contribution < -0.4 is 5.32 Å². The van der Waals surface area contributed by atoms with Crippen LogP contribution in [-0.4, -0.2) is 54.2 Å². The molecule has 35 heavy (non-hydrogen) atoms. The van der Waals surface area contributed by atoms with Crippen molar-refractivity contribution in [1.29, 1.82) is 0 Å². The van der Waals surface area contributed by atoms with E-state index in [4.69, 9.17) is 9.84 Å². The number of aliphatic carboxylic acids is 1. The molecule has 7 heteroatoms. The number of likely N-dealkylation sites (tertiary alicyclic amines) is 1. The summed E-state index contributed by atoms with van der Waals surface area (Å²) in [6.45, 7) is 5.43. The number of carbonyl (C=O) groups is 3. The van der Waals surface area contributed by atoms with E-state index in [1.54, 1.807) is 0 Å². The second-order valence-corrected chi connectivity index (χ2v) is 9.93. The standard InChI is InChI=1S/C28H34N2O5/c1-3-28(2,26(33)30-15-14-19(16-30)12-13-25(31)32)18-29-27(34)35-17-24-22-10-6-4-8-20(22)21-9-5-7-11-23(21)24/h4-11,19,24H,3,12-18H2,1-2H3,(H,29,34)(H,31,32). The van der Waals surface area contributed by atoms with Gasteiger partial charge in [0.2, 0.25) is 5.91 Å². The van der Waals surface area contributed by atoms with Gasteiger partial charge in [0, 0.05) is 32.0 Å². The minimum absolute atomic E-state index is 0.00299. The number of amides is 2. The maximum absolute atomic E-state index is 13.3. The van der Waals surface area contributed by atoms with Crippen LogP contribution in [0.4, 0.5) is 4.79 Å². The molecule has 2 atom stereocenters. The van der Waals surface area contributed by atoms with E-state index in [2.05, 4.69) is 29.6 Å². The van der Waals surface area contributed by atoms with E-state index in [1.807, 2.05) is 43.0 Å². The molecule has 1 heterocycles. The lowest BCUT2D eigenvalue weighted by Crippen LogP contribution is -2.47. The second kappa shape index (κ2) is 10.5. The first-order chi connectivity index (χ1) is 16.8. The summed E-state index contributed by atoms with van der Waals surface area (Å²) in [6.07, 6.45) is 1.57. The summed E-state index contributed by atoms with van der Waals surface area (Å²) in [5.74, 6) is -0.608. The Kier molecular flexibility index (Phi) is 7.43. The van der Waals surface area contributed by atoms with E-state index >= 15 is 0 Å². The number of rotatable bonds is 9. The van der Waals surface area contributed by atoms with Crippen molar-refractivity contribution in [2.75, 3.05) is 26.2 Å². The average molecular weight is 479 g/mol. The van der Waals surface area contributed by atoms with Gasteiger partial charge in [-0.2, -0.15) is 0 Å². The highest BCUT2D eigenvalue weighted by Crippen LogP contribution is 2.44. The summed E-state index contributed by atoms with van der Waals surface area (Å²) in [4.78, 5) is 38.5. The number of nitrogens with zero attached hydrogens (tertiary/aromatic N) is 1. The van der Waals surface area contributed by atoms with Crippen LogP contribution in [0.15, 0.2) is 48.5 Å². The maximum Gasteiger partial charge on any atom is 0.407 e. The number of alkyl carbamates (subject to hydrolysis) is 1. The Labute approximate surface area is 206 Å². The van der Waals surface area contributed by atoms with Crippen LogP contribution in [0.1, 0.15) is 56.6 Å². The highest BCUT2D eigenvalue weighted by molar-refractivity contribution is 5.83. The first-order valence-electron chi connectivity index (χ1n) is 12.4. The van der Waals surface area contributed by atoms with Gasteiger partial charge in [-0.1, -0.05) is 55.5 Å². The van der Waals surface area contributed by atoms with Gasteiger partial charge in [-0.3, -0.25) is 9.59 Å². The summed E-state index contributed by atoms with van der Waals surface area (Å²) in [6, 6.07) is 16.4. The number of carboxylic acids is 1. The number of carbonyl (C=O) groups excluding carboxylic acids is 2. The number of carboxylic acid groups (broad SMARTS) is 1. The number of hydrogen-bond donors (Lipinski definition) is 2. The molecular formula is C28H34N2O5. The quantitative estimate of drug-likeness (QED) is 0.547. The molecule has 1 saturated heterocycles. The Bertz CT molecular complexity index is 1050. The smallest absolute Gasteiger partial charge is 0.407 e. The van der Waals surface area contributed by atoms with E-state index in [0.717, 1.165) is 17.5 Å². The summed E-state index contributed by atoms with van der Waals surface area (Å²) < 4.78 is 5.63. The van der Waals surface area contributed by atoms with Crippen LogP contribution in [0.25, 0.3) is 11.1 Å². The topological polar surface area (TPSA) is 95.9 Å². The zero-order valence-electron chi connectivity index (χ0n) is 20.5. The van der Waals surface area contributed by atoms with Gasteiger partial charge in [-0.05, 0) is 54.4 Å². The molecule has 0 bridgehead atoms. The third-order valence-electron chi connectivity index (χ3n) is 7.60. The van der Waals surface area contributed by atoms with Crippen molar-refractivity contribution >= 4 is 18.0 Å². The molecule has 0 radical (unpaired) electrons. The van der Waals surface area contributed by atoms with Gasteiger partial charge in [0.05, 0.1) is 5.41 Å². The highest BCUT2D eigenvalue weighted by Gasteiger charge is 2.38. The molecule has 4 rings (SSSR count). The predicted molar refractivity (Wildman–Crippen MR) is 133 cm³/mol. The fourth-order valence-corrected chi connectivity index (χ4v) is 5.23. The van der Waals surface area contributed by atoms with E-state index in [9.17, 15) is 14.4 Å². The SMILES string of the molecule is CCC(C)(CNC(=O)OCC1c2ccccc2-c2ccccc21)C(=O)N1CCC(CCC(=O)O)C1. The molecule has 0 aromatic heterocycles. The van der Waals surface area contributed by atoms with Gasteiger partial charge >= 0.3 is 12.1 Å². The van der Waals surface area contributed by atoms with E-state index in [-0.39, 0.29) is 37.3 Å². The Hall–Kier alpha value is -3.35. The van der Waals surface area contributed by atoms with Gasteiger partial charge in [0.25, 0.3) is 0 Å². The fraction of sp³-hybridized carbons (Fsp3) is 0.464. The Morgan fingerprint density at radius 2 is 1.71 bits per heavy atom. The monoisotopic (exact) mass is 478 g/mol. The molecule has 2 amide bonds. The summed E-state index contributed by atoms with van der Waals surface area (Å²) in [7, 11) is 0. The van der Waals surface area contributed by atoms with Crippen molar-refractivity contribution < 1.29 is 24.2 Å². The molecule has 2 aliphatic rings. The molecule has 0 spiro atoms. The molecular weight excluding hydrogens is 444 g/mol. The summed E-state index contributed by atoms with van der Waals surface area (Å²) >= 11 is 0. The van der Waals surface area contributed by atoms with Crippen LogP contribution >= 0.6 is 0 Å². The van der Waals surface area contributed by atoms with Crippen LogP contribution in [-0.2, 0) is 14.3 Å². The van der Waals surface area contributed by atoms with Crippen molar-refractivity contribution in [3.8, 4) is 11.1 Å². The zero-order chi connectivity index (χ0) is 25.0. The van der Waals surface area contributed by atoms with Crippen molar-refractivity contribution in [2.24, 2.45) is 11.3 Å². The molecule has 1 aliphatic heterocycles. The molecule has 1 aliphatic carbocycles. The Morgan fingerprint density at radius 1 is 1.09 bits per heavy atom. The van der Waals surface area contributed by atoms with Crippen molar-refractivity contribution in [3.63, 3.8) is 0 Å². The molecule has 1 fully saturated rings. The van der Waals surface area contributed by atoms with Crippen LogP contribution in [0.2, 0.25) is 0 Å². The molecule has 2 aromatic carbocycles. The van der Waals surface area contributed by atoms with E-state index in [1.165, 1.54) is 11.1 Å². The minimum Gasteiger partial charge on any atom is -0.481 e. The van der Waals surface area contributed by atoms with E-state index in [0.29, 0.717) is 25.9 Å². The lowest BCUT2D eigenvalue weighted by molar-refractivity contribution is -0.140. The number of hydrogen-bond acceptors (Lipinski definition) is 4. The van der Waals surface area contributed by atoms with Gasteiger partial charge in [-0.25, -0.2) is 4.79 Å². The average Bonchev–Trinajstić information content (AvgIpc) is 3.47. The van der Waals surface area contributed by atoms with Gasteiger partial charge < -0.3 is 20.1 Å². The number of benzene rings is 2. The third-order valence-corrected chi connectivity index (χ3v) is 7.60. The molecule has 0 saturated carbocycles. The van der Waals surface area contributed by atoms with Crippen LogP contribution in [0, 0.1) is 11.3 Å². The van der Waals surface area contributed by atoms with Crippen LogP contribution in [0.3, 0.4) is 0 Å². The fourth-order valence-electron chi connectivity index (χ4n) is 5.23. The lowest BCUT2D eigenvalue weighted by Gasteiger charge is -2.32. The summed E-state index contributed by atoms with van der Waals surface area (Å²) in [5, 5.41) is 11.7. The number of fused-ring (bicyclic) bond motifs is 3. The van der Waals surface area contributed by atoms with Crippen molar-refractivity contribution in [2.45, 2.75) is 45.4 Å². The number of ether oxygens (including phenoxy) is 1. The Morgan fingerprint density at radius 3 is 2.31 bits per heavy atom. The van der Waals surface area contributed by atoms with E-state index < -0.39 is 17.5 Å². The van der Waals surface area contributed by atoms with Crippen molar-refractivity contribution in [3.05, 3.63) is 59.7 Å². The van der Waals surface area contributed by atoms with Gasteiger partial charge in [0.15, 0.2) is 0 Å². The highest BCUT2D eigenvalue weighted by atomic mass is 16.5. The molecule has 7 nitrogen and oxygen atoms in total. The van der Waals surface area contributed by atoms with Crippen molar-refractivity contribution in [1.82, 2.24) is 10.2 Å². The Balaban J connectivity index is 1.31. The first-order valence-corrected chi connectivity index (χ1v) is 12.4. The second-order valence-electron chi connectivity index (χ2n) is 9.93. The minimum atomic E-state index is -0.805. The molecule has 2 unspecified atom stereocenters. The maximum atomic E-state index is 13.3. The first kappa shape index (κ1) is 24.8. The van der Waals surface area contributed by atoms with Gasteiger partial charge in [-0.15, -0.1) is 0 Å².